The number of carbonyl (C=O) groups excluding carboxylic acids is 1. The molecule has 0 radical (unpaired) electrons. The standard InChI is InChI=1S/C12H18N2O2/c1-3-13-6-7-14-12(16)10-5-4-9(2)11(15)8-10/h4-5,8,13,15H,3,6-7H2,1-2H3,(H,14,16). The Hall–Kier alpha value is -1.55. The summed E-state index contributed by atoms with van der Waals surface area (Å²) in [4.78, 5) is 11.6. The van der Waals surface area contributed by atoms with Crippen LogP contribution in [-0.4, -0.2) is 30.6 Å². The summed E-state index contributed by atoms with van der Waals surface area (Å²) in [5.41, 5.74) is 1.25. The number of amides is 1. The molecule has 1 amide bonds. The van der Waals surface area contributed by atoms with E-state index in [2.05, 4.69) is 10.6 Å². The second-order valence-electron chi connectivity index (χ2n) is 3.61. The number of phenolic OH excluding ortho intramolecular Hbond substituents is 1. The third-order valence-electron chi connectivity index (χ3n) is 2.31. The number of hydrogen-bond donors (Lipinski definition) is 3. The van der Waals surface area contributed by atoms with Crippen LogP contribution in [0.1, 0.15) is 22.8 Å². The number of aryl methyl sites for hydroxylation is 1. The van der Waals surface area contributed by atoms with Crippen molar-refractivity contribution in [3.8, 4) is 5.75 Å². The Morgan fingerprint density at radius 1 is 1.38 bits per heavy atom. The molecule has 0 spiro atoms. The molecule has 0 aliphatic heterocycles. The average molecular weight is 222 g/mol. The van der Waals surface area contributed by atoms with Crippen LogP contribution < -0.4 is 10.6 Å². The Balaban J connectivity index is 2.50. The summed E-state index contributed by atoms with van der Waals surface area (Å²) < 4.78 is 0. The Labute approximate surface area is 95.7 Å². The van der Waals surface area contributed by atoms with Gasteiger partial charge in [-0.1, -0.05) is 13.0 Å². The highest BCUT2D eigenvalue weighted by molar-refractivity contribution is 5.94. The van der Waals surface area contributed by atoms with Gasteiger partial charge in [-0.05, 0) is 31.2 Å². The van der Waals surface area contributed by atoms with Gasteiger partial charge in [0.1, 0.15) is 5.75 Å². The minimum Gasteiger partial charge on any atom is -0.508 e. The highest BCUT2D eigenvalue weighted by Crippen LogP contribution is 2.17. The van der Waals surface area contributed by atoms with Crippen LogP contribution in [0.15, 0.2) is 18.2 Å². The summed E-state index contributed by atoms with van der Waals surface area (Å²) in [5, 5.41) is 15.3. The first kappa shape index (κ1) is 12.5. The summed E-state index contributed by atoms with van der Waals surface area (Å²) in [7, 11) is 0. The first-order valence-corrected chi connectivity index (χ1v) is 5.43. The molecule has 0 fully saturated rings. The van der Waals surface area contributed by atoms with Crippen molar-refractivity contribution in [3.05, 3.63) is 29.3 Å². The third kappa shape index (κ3) is 3.55. The van der Waals surface area contributed by atoms with E-state index in [9.17, 15) is 9.90 Å². The van der Waals surface area contributed by atoms with Crippen LogP contribution >= 0.6 is 0 Å². The number of nitrogens with one attached hydrogen (secondary N) is 2. The van der Waals surface area contributed by atoms with E-state index in [1.165, 1.54) is 6.07 Å². The number of likely N-dealkylation sites (N-methyl/N-ethyl adjacent to an activating group) is 1. The van der Waals surface area contributed by atoms with Crippen molar-refractivity contribution in [2.45, 2.75) is 13.8 Å². The first-order chi connectivity index (χ1) is 7.65. The quantitative estimate of drug-likeness (QED) is 0.652. The molecule has 0 bridgehead atoms. The summed E-state index contributed by atoms with van der Waals surface area (Å²) >= 11 is 0. The van der Waals surface area contributed by atoms with Crippen LogP contribution in [-0.2, 0) is 0 Å². The fraction of sp³-hybridized carbons (Fsp3) is 0.417. The lowest BCUT2D eigenvalue weighted by atomic mass is 10.1. The number of hydrogen-bond acceptors (Lipinski definition) is 3. The Bertz CT molecular complexity index is 364. The number of rotatable bonds is 5. The van der Waals surface area contributed by atoms with Crippen LogP contribution in [0.5, 0.6) is 5.75 Å². The molecular weight excluding hydrogens is 204 g/mol. The van der Waals surface area contributed by atoms with E-state index >= 15 is 0 Å². The van der Waals surface area contributed by atoms with E-state index in [1.54, 1.807) is 19.1 Å². The predicted octanol–water partition coefficient (Wildman–Crippen LogP) is 1.04. The predicted molar refractivity (Wildman–Crippen MR) is 63.7 cm³/mol. The number of phenols is 1. The molecule has 0 aromatic heterocycles. The monoisotopic (exact) mass is 222 g/mol. The molecule has 1 aromatic rings. The molecule has 88 valence electrons. The maximum atomic E-state index is 11.6. The van der Waals surface area contributed by atoms with Gasteiger partial charge >= 0.3 is 0 Å². The van der Waals surface area contributed by atoms with Crippen LogP contribution in [0, 0.1) is 6.92 Å². The molecule has 0 unspecified atom stereocenters. The van der Waals surface area contributed by atoms with Crippen molar-refractivity contribution in [3.63, 3.8) is 0 Å². The molecule has 1 rings (SSSR count). The fourth-order valence-corrected chi connectivity index (χ4v) is 1.29. The molecule has 0 heterocycles. The summed E-state index contributed by atoms with van der Waals surface area (Å²) in [6.07, 6.45) is 0. The number of carbonyl (C=O) groups is 1. The fourth-order valence-electron chi connectivity index (χ4n) is 1.29. The topological polar surface area (TPSA) is 61.4 Å². The van der Waals surface area contributed by atoms with Crippen molar-refractivity contribution in [2.24, 2.45) is 0 Å². The van der Waals surface area contributed by atoms with Gasteiger partial charge in [-0.25, -0.2) is 0 Å². The van der Waals surface area contributed by atoms with E-state index in [4.69, 9.17) is 0 Å². The Kier molecular flexibility index (Phi) is 4.79. The maximum Gasteiger partial charge on any atom is 0.251 e. The van der Waals surface area contributed by atoms with Gasteiger partial charge in [0.2, 0.25) is 0 Å². The molecule has 3 N–H and O–H groups in total. The largest absolute Gasteiger partial charge is 0.508 e. The van der Waals surface area contributed by atoms with Crippen LogP contribution in [0.2, 0.25) is 0 Å². The molecule has 4 nitrogen and oxygen atoms in total. The second-order valence-corrected chi connectivity index (χ2v) is 3.61. The van der Waals surface area contributed by atoms with Gasteiger partial charge in [0.05, 0.1) is 0 Å². The van der Waals surface area contributed by atoms with E-state index in [0.29, 0.717) is 12.1 Å². The molecule has 0 aliphatic rings. The van der Waals surface area contributed by atoms with Gasteiger partial charge < -0.3 is 15.7 Å². The van der Waals surface area contributed by atoms with Crippen molar-refractivity contribution in [1.82, 2.24) is 10.6 Å². The lowest BCUT2D eigenvalue weighted by molar-refractivity contribution is 0.0953. The van der Waals surface area contributed by atoms with Gasteiger partial charge in [-0.15, -0.1) is 0 Å². The zero-order chi connectivity index (χ0) is 12.0. The maximum absolute atomic E-state index is 11.6. The normalized spacial score (nSPS) is 10.1. The van der Waals surface area contributed by atoms with Gasteiger partial charge in [-0.3, -0.25) is 4.79 Å². The van der Waals surface area contributed by atoms with E-state index in [-0.39, 0.29) is 11.7 Å². The molecule has 0 atom stereocenters. The van der Waals surface area contributed by atoms with Crippen molar-refractivity contribution < 1.29 is 9.90 Å². The van der Waals surface area contributed by atoms with Crippen LogP contribution in [0.3, 0.4) is 0 Å². The lowest BCUT2D eigenvalue weighted by Crippen LogP contribution is -2.31. The molecule has 4 heteroatoms. The van der Waals surface area contributed by atoms with Crippen molar-refractivity contribution in [2.75, 3.05) is 19.6 Å². The highest BCUT2D eigenvalue weighted by Gasteiger charge is 2.06. The van der Waals surface area contributed by atoms with Gasteiger partial charge in [0.25, 0.3) is 5.91 Å². The van der Waals surface area contributed by atoms with Gasteiger partial charge in [-0.2, -0.15) is 0 Å². The molecule has 16 heavy (non-hydrogen) atoms. The zero-order valence-corrected chi connectivity index (χ0v) is 9.71. The smallest absolute Gasteiger partial charge is 0.251 e. The second kappa shape index (κ2) is 6.12. The number of aromatic hydroxyl groups is 1. The van der Waals surface area contributed by atoms with Crippen LogP contribution in [0.4, 0.5) is 0 Å². The third-order valence-corrected chi connectivity index (χ3v) is 2.31. The minimum atomic E-state index is -0.159. The van der Waals surface area contributed by atoms with Gasteiger partial charge in [0, 0.05) is 18.7 Å². The SMILES string of the molecule is CCNCCNC(=O)c1ccc(C)c(O)c1. The van der Waals surface area contributed by atoms with Gasteiger partial charge in [0.15, 0.2) is 0 Å². The van der Waals surface area contributed by atoms with E-state index in [0.717, 1.165) is 18.7 Å². The Morgan fingerprint density at radius 2 is 2.12 bits per heavy atom. The molecule has 0 aliphatic carbocycles. The highest BCUT2D eigenvalue weighted by atomic mass is 16.3. The average Bonchev–Trinajstić information content (AvgIpc) is 2.28. The summed E-state index contributed by atoms with van der Waals surface area (Å²) in [6.45, 7) is 6.03. The number of benzene rings is 1. The summed E-state index contributed by atoms with van der Waals surface area (Å²) in [5.74, 6) is -0.00691. The van der Waals surface area contributed by atoms with E-state index in [1.807, 2.05) is 6.92 Å². The summed E-state index contributed by atoms with van der Waals surface area (Å²) in [6, 6.07) is 4.92. The zero-order valence-electron chi connectivity index (χ0n) is 9.71. The first-order valence-electron chi connectivity index (χ1n) is 5.43. The minimum absolute atomic E-state index is 0.152. The van der Waals surface area contributed by atoms with Crippen LogP contribution in [0.25, 0.3) is 0 Å². The molecular formula is C12H18N2O2. The molecule has 0 saturated heterocycles. The lowest BCUT2D eigenvalue weighted by Gasteiger charge is -2.06. The Morgan fingerprint density at radius 3 is 2.75 bits per heavy atom. The van der Waals surface area contributed by atoms with Crippen molar-refractivity contribution in [1.29, 1.82) is 0 Å². The molecule has 0 saturated carbocycles. The van der Waals surface area contributed by atoms with Crippen molar-refractivity contribution >= 4 is 5.91 Å². The molecule has 1 aromatic carbocycles. The van der Waals surface area contributed by atoms with E-state index < -0.39 is 0 Å².